The first-order valence-electron chi connectivity index (χ1n) is 3.07. The summed E-state index contributed by atoms with van der Waals surface area (Å²) >= 11 is 0. The normalized spacial score (nSPS) is 9.62. The summed E-state index contributed by atoms with van der Waals surface area (Å²) in [5.74, 6) is -0.312. The molecule has 0 heterocycles. The van der Waals surface area contributed by atoms with E-state index in [-0.39, 0.29) is 40.8 Å². The van der Waals surface area contributed by atoms with Crippen LogP contribution in [0.2, 0.25) is 0 Å². The average Bonchev–Trinajstić information content (AvgIpc) is 1.85. The second-order valence-corrected chi connectivity index (χ2v) is 3.66. The SMILES string of the molecule is O=S(=O)(O)Cc1ccccc1.[Na+].[OH-]. The summed E-state index contributed by atoms with van der Waals surface area (Å²) < 4.78 is 29.2. The fourth-order valence-corrected chi connectivity index (χ4v) is 1.40. The summed E-state index contributed by atoms with van der Waals surface area (Å²) in [6, 6.07) is 8.52. The third-order valence-electron chi connectivity index (χ3n) is 1.19. The fraction of sp³-hybridized carbons (Fsp3) is 0.143. The zero-order valence-corrected chi connectivity index (χ0v) is 10.0. The van der Waals surface area contributed by atoms with Crippen LogP contribution in [0.25, 0.3) is 0 Å². The summed E-state index contributed by atoms with van der Waals surface area (Å²) in [4.78, 5) is 0. The molecule has 0 atom stereocenters. The Balaban J connectivity index is 0. The van der Waals surface area contributed by atoms with E-state index in [1.165, 1.54) is 0 Å². The predicted molar refractivity (Wildman–Crippen MR) is 43.6 cm³/mol. The van der Waals surface area contributed by atoms with Gasteiger partial charge in [0.1, 0.15) is 5.75 Å². The van der Waals surface area contributed by atoms with Crippen LogP contribution in [0.5, 0.6) is 0 Å². The van der Waals surface area contributed by atoms with Crippen LogP contribution in [-0.4, -0.2) is 18.4 Å². The van der Waals surface area contributed by atoms with Gasteiger partial charge in [-0.3, -0.25) is 4.55 Å². The van der Waals surface area contributed by atoms with Crippen molar-refractivity contribution in [2.45, 2.75) is 5.75 Å². The molecular formula is C7H9NaO4S. The molecule has 0 radical (unpaired) electrons. The van der Waals surface area contributed by atoms with Crippen LogP contribution < -0.4 is 29.6 Å². The van der Waals surface area contributed by atoms with Gasteiger partial charge >= 0.3 is 29.6 Å². The fourth-order valence-electron chi connectivity index (χ4n) is 0.785. The Hall–Kier alpha value is 0.0900. The van der Waals surface area contributed by atoms with E-state index in [9.17, 15) is 8.42 Å². The minimum atomic E-state index is -3.88. The number of rotatable bonds is 2. The van der Waals surface area contributed by atoms with Gasteiger partial charge in [-0.1, -0.05) is 30.3 Å². The number of hydrogen-bond acceptors (Lipinski definition) is 3. The molecule has 6 heteroatoms. The van der Waals surface area contributed by atoms with Gasteiger partial charge in [-0.15, -0.1) is 0 Å². The average molecular weight is 212 g/mol. The molecule has 1 aromatic rings. The largest absolute Gasteiger partial charge is 1.00 e. The van der Waals surface area contributed by atoms with Crippen LogP contribution in [0.4, 0.5) is 0 Å². The van der Waals surface area contributed by atoms with Gasteiger partial charge in [0.05, 0.1) is 0 Å². The van der Waals surface area contributed by atoms with E-state index in [2.05, 4.69) is 0 Å². The van der Waals surface area contributed by atoms with E-state index >= 15 is 0 Å². The molecule has 0 aromatic heterocycles. The number of benzene rings is 1. The van der Waals surface area contributed by atoms with E-state index in [4.69, 9.17) is 4.55 Å². The molecule has 13 heavy (non-hydrogen) atoms. The van der Waals surface area contributed by atoms with E-state index in [1.54, 1.807) is 30.3 Å². The maximum Gasteiger partial charge on any atom is 1.00 e. The van der Waals surface area contributed by atoms with Crippen molar-refractivity contribution in [3.8, 4) is 0 Å². The zero-order chi connectivity index (χ0) is 8.32. The summed E-state index contributed by atoms with van der Waals surface area (Å²) in [7, 11) is -3.88. The minimum Gasteiger partial charge on any atom is -0.870 e. The molecule has 68 valence electrons. The third-order valence-corrected chi connectivity index (χ3v) is 1.89. The molecule has 0 bridgehead atoms. The van der Waals surface area contributed by atoms with Gasteiger partial charge in [0.15, 0.2) is 0 Å². The van der Waals surface area contributed by atoms with Crippen molar-refractivity contribution in [2.24, 2.45) is 0 Å². The standard InChI is InChI=1S/C7H8O3S.Na.H2O/c8-11(9,10)6-7-4-2-1-3-5-7;;/h1-5H,6H2,(H,8,9,10);;1H2/q;+1;/p-1. The molecule has 0 fully saturated rings. The van der Waals surface area contributed by atoms with Gasteiger partial charge in [0.2, 0.25) is 0 Å². The Morgan fingerprint density at radius 3 is 2.00 bits per heavy atom. The summed E-state index contributed by atoms with van der Waals surface area (Å²) in [6.07, 6.45) is 0. The smallest absolute Gasteiger partial charge is 0.870 e. The maximum absolute atomic E-state index is 10.4. The molecule has 0 spiro atoms. The Morgan fingerprint density at radius 2 is 1.62 bits per heavy atom. The number of hydrogen-bond donors (Lipinski definition) is 1. The van der Waals surface area contributed by atoms with Crippen molar-refractivity contribution in [3.05, 3.63) is 35.9 Å². The van der Waals surface area contributed by atoms with Gasteiger partial charge in [-0.2, -0.15) is 8.42 Å². The quantitative estimate of drug-likeness (QED) is 0.449. The van der Waals surface area contributed by atoms with Gasteiger partial charge in [-0.25, -0.2) is 0 Å². The van der Waals surface area contributed by atoms with E-state index in [0.717, 1.165) is 0 Å². The Kier molecular flexibility index (Phi) is 7.81. The summed E-state index contributed by atoms with van der Waals surface area (Å²) in [6.45, 7) is 0. The zero-order valence-electron chi connectivity index (χ0n) is 7.21. The van der Waals surface area contributed by atoms with Crippen molar-refractivity contribution in [2.75, 3.05) is 0 Å². The van der Waals surface area contributed by atoms with Crippen LogP contribution in [-0.2, 0) is 15.9 Å². The predicted octanol–water partition coefficient (Wildman–Crippen LogP) is -2.10. The van der Waals surface area contributed by atoms with E-state index in [1.807, 2.05) is 0 Å². The van der Waals surface area contributed by atoms with E-state index < -0.39 is 10.1 Å². The van der Waals surface area contributed by atoms with E-state index in [0.29, 0.717) is 5.56 Å². The van der Waals surface area contributed by atoms with Crippen molar-refractivity contribution in [1.82, 2.24) is 0 Å². The molecule has 0 unspecified atom stereocenters. The molecule has 0 saturated heterocycles. The summed E-state index contributed by atoms with van der Waals surface area (Å²) in [5, 5.41) is 0. The van der Waals surface area contributed by atoms with Gasteiger partial charge in [0, 0.05) is 0 Å². The second kappa shape index (κ2) is 6.53. The molecule has 0 saturated carbocycles. The molecule has 1 aromatic carbocycles. The Bertz CT molecular complexity index is 322. The minimum absolute atomic E-state index is 0. The molecule has 2 N–H and O–H groups in total. The maximum atomic E-state index is 10.4. The van der Waals surface area contributed by atoms with Gasteiger partial charge < -0.3 is 5.48 Å². The van der Waals surface area contributed by atoms with Gasteiger partial charge in [0.25, 0.3) is 10.1 Å². The van der Waals surface area contributed by atoms with Crippen molar-refractivity contribution in [1.29, 1.82) is 0 Å². The van der Waals surface area contributed by atoms with Crippen LogP contribution in [0.3, 0.4) is 0 Å². The molecular weight excluding hydrogens is 203 g/mol. The molecule has 0 aliphatic rings. The van der Waals surface area contributed by atoms with Crippen LogP contribution in [0.1, 0.15) is 5.56 Å². The summed E-state index contributed by atoms with van der Waals surface area (Å²) in [5.41, 5.74) is 0.593. The Labute approximate surface area is 99.3 Å². The third kappa shape index (κ3) is 7.18. The second-order valence-electron chi connectivity index (χ2n) is 2.21. The molecule has 0 aliphatic carbocycles. The van der Waals surface area contributed by atoms with Crippen LogP contribution in [0.15, 0.2) is 30.3 Å². The van der Waals surface area contributed by atoms with Crippen molar-refractivity contribution < 1.29 is 48.0 Å². The first-order valence-corrected chi connectivity index (χ1v) is 4.68. The molecule has 0 aliphatic heterocycles. The first-order chi connectivity index (χ1) is 5.08. The van der Waals surface area contributed by atoms with Crippen molar-refractivity contribution >= 4 is 10.1 Å². The molecule has 1 rings (SSSR count). The topological polar surface area (TPSA) is 84.4 Å². The molecule has 0 amide bonds. The molecule has 4 nitrogen and oxygen atoms in total. The van der Waals surface area contributed by atoms with Gasteiger partial charge in [-0.05, 0) is 5.56 Å². The first kappa shape index (κ1) is 15.6. The van der Waals surface area contributed by atoms with Crippen LogP contribution in [0, 0.1) is 0 Å². The Morgan fingerprint density at radius 1 is 1.15 bits per heavy atom. The monoisotopic (exact) mass is 212 g/mol. The van der Waals surface area contributed by atoms with Crippen LogP contribution >= 0.6 is 0 Å². The van der Waals surface area contributed by atoms with Crippen molar-refractivity contribution in [3.63, 3.8) is 0 Å².